The molecule has 0 amide bonds. The van der Waals surface area contributed by atoms with Gasteiger partial charge < -0.3 is 0 Å². The first-order valence-electron chi connectivity index (χ1n) is 6.62. The number of hydrogen-bond acceptors (Lipinski definition) is 2. The molecular weight excluding hydrogens is 264 g/mol. The van der Waals surface area contributed by atoms with E-state index in [9.17, 15) is 4.79 Å². The van der Waals surface area contributed by atoms with Crippen LogP contribution in [0.4, 0.5) is 0 Å². The molecule has 0 radical (unpaired) electrons. The lowest BCUT2D eigenvalue weighted by molar-refractivity contribution is 0.0993. The van der Waals surface area contributed by atoms with Gasteiger partial charge >= 0.3 is 0 Å². The van der Waals surface area contributed by atoms with Crippen LogP contribution in [-0.2, 0) is 0 Å². The van der Waals surface area contributed by atoms with Gasteiger partial charge in [0.25, 0.3) is 0 Å². The van der Waals surface area contributed by atoms with Crippen LogP contribution in [0.15, 0.2) is 24.3 Å². The van der Waals surface area contributed by atoms with Crippen molar-refractivity contribution < 1.29 is 4.79 Å². The first-order chi connectivity index (χ1) is 8.66. The highest BCUT2D eigenvalue weighted by molar-refractivity contribution is 8.01. The van der Waals surface area contributed by atoms with Crippen LogP contribution in [0, 0.1) is 0 Å². The van der Waals surface area contributed by atoms with E-state index in [1.54, 1.807) is 12.1 Å². The summed E-state index contributed by atoms with van der Waals surface area (Å²) in [6, 6.07) is 7.26. The third-order valence-electron chi connectivity index (χ3n) is 3.43. The molecule has 3 heteroatoms. The molecule has 98 valence electrons. The van der Waals surface area contributed by atoms with Crippen molar-refractivity contribution in [2.75, 3.05) is 0 Å². The Morgan fingerprint density at radius 3 is 2.72 bits per heavy atom. The van der Waals surface area contributed by atoms with Crippen LogP contribution in [0.2, 0.25) is 5.02 Å². The molecule has 1 aromatic carbocycles. The number of rotatable bonds is 4. The molecule has 0 aliphatic heterocycles. The fourth-order valence-corrected chi connectivity index (χ4v) is 4.06. The molecule has 0 saturated heterocycles. The van der Waals surface area contributed by atoms with Crippen molar-refractivity contribution in [2.24, 2.45) is 0 Å². The molecule has 0 spiro atoms. The molecular formula is C15H19ClOS. The topological polar surface area (TPSA) is 17.1 Å². The zero-order valence-corrected chi connectivity index (χ0v) is 12.3. The number of Topliss-reactive ketones (excluding diaryl/α,β-unsaturated/α-hetero) is 1. The maximum absolute atomic E-state index is 12.3. The summed E-state index contributed by atoms with van der Waals surface area (Å²) in [4.78, 5) is 12.3. The zero-order valence-electron chi connectivity index (χ0n) is 10.7. The van der Waals surface area contributed by atoms with E-state index in [1.165, 1.54) is 32.1 Å². The monoisotopic (exact) mass is 282 g/mol. The molecule has 18 heavy (non-hydrogen) atoms. The van der Waals surface area contributed by atoms with Gasteiger partial charge in [0.2, 0.25) is 0 Å². The van der Waals surface area contributed by atoms with Gasteiger partial charge in [0, 0.05) is 15.8 Å². The van der Waals surface area contributed by atoms with E-state index < -0.39 is 0 Å². The van der Waals surface area contributed by atoms with Crippen LogP contribution in [0.5, 0.6) is 0 Å². The lowest BCUT2D eigenvalue weighted by Crippen LogP contribution is -2.19. The van der Waals surface area contributed by atoms with E-state index in [1.807, 2.05) is 30.8 Å². The second-order valence-electron chi connectivity index (χ2n) is 4.91. The maximum atomic E-state index is 12.3. The minimum atomic E-state index is 0.0339. The number of thioether (sulfide) groups is 1. The van der Waals surface area contributed by atoms with Crippen LogP contribution < -0.4 is 0 Å². The van der Waals surface area contributed by atoms with Crippen molar-refractivity contribution in [3.8, 4) is 0 Å². The number of benzene rings is 1. The van der Waals surface area contributed by atoms with Gasteiger partial charge in [-0.1, -0.05) is 43.0 Å². The Balaban J connectivity index is 1.95. The summed E-state index contributed by atoms with van der Waals surface area (Å²) in [5.41, 5.74) is 0.735. The lowest BCUT2D eigenvalue weighted by atomic mass is 10.0. The van der Waals surface area contributed by atoms with Crippen molar-refractivity contribution in [2.45, 2.75) is 49.5 Å². The molecule has 0 N–H and O–H groups in total. The Labute approximate surface area is 118 Å². The van der Waals surface area contributed by atoms with E-state index in [0.29, 0.717) is 10.3 Å². The van der Waals surface area contributed by atoms with E-state index in [4.69, 9.17) is 11.6 Å². The number of ketones is 1. The smallest absolute Gasteiger partial charge is 0.175 e. The average molecular weight is 283 g/mol. The second kappa shape index (κ2) is 6.63. The summed E-state index contributed by atoms with van der Waals surface area (Å²) >= 11 is 7.76. The number of carbonyl (C=O) groups is 1. The Morgan fingerprint density at radius 1 is 1.33 bits per heavy atom. The molecule has 0 heterocycles. The quantitative estimate of drug-likeness (QED) is 0.725. The van der Waals surface area contributed by atoms with Crippen LogP contribution in [0.1, 0.15) is 49.4 Å². The first-order valence-corrected chi connectivity index (χ1v) is 7.94. The van der Waals surface area contributed by atoms with Crippen molar-refractivity contribution in [3.05, 3.63) is 34.9 Å². The Bertz CT molecular complexity index is 413. The molecule has 1 fully saturated rings. The minimum absolute atomic E-state index is 0.0339. The Kier molecular flexibility index (Phi) is 5.13. The molecule has 1 saturated carbocycles. The molecule has 1 unspecified atom stereocenters. The highest BCUT2D eigenvalue weighted by Gasteiger charge is 2.22. The summed E-state index contributed by atoms with van der Waals surface area (Å²) < 4.78 is 0. The van der Waals surface area contributed by atoms with Crippen molar-refractivity contribution >= 4 is 29.1 Å². The highest BCUT2D eigenvalue weighted by atomic mass is 35.5. The van der Waals surface area contributed by atoms with Gasteiger partial charge in [0.05, 0.1) is 5.25 Å². The molecule has 1 atom stereocenters. The van der Waals surface area contributed by atoms with Crippen LogP contribution in [0.3, 0.4) is 0 Å². The maximum Gasteiger partial charge on any atom is 0.175 e. The van der Waals surface area contributed by atoms with Gasteiger partial charge in [-0.15, -0.1) is 11.8 Å². The highest BCUT2D eigenvalue weighted by Crippen LogP contribution is 2.32. The van der Waals surface area contributed by atoms with E-state index in [0.717, 1.165) is 5.56 Å². The normalized spacial score (nSPS) is 18.6. The van der Waals surface area contributed by atoms with E-state index >= 15 is 0 Å². The van der Waals surface area contributed by atoms with Gasteiger partial charge in [0.15, 0.2) is 5.78 Å². The van der Waals surface area contributed by atoms with Gasteiger partial charge in [-0.2, -0.15) is 0 Å². The summed E-state index contributed by atoms with van der Waals surface area (Å²) in [5.74, 6) is 0.202. The zero-order chi connectivity index (χ0) is 13.0. The van der Waals surface area contributed by atoms with Crippen molar-refractivity contribution in [1.82, 2.24) is 0 Å². The van der Waals surface area contributed by atoms with Gasteiger partial charge in [-0.05, 0) is 31.9 Å². The largest absolute Gasteiger partial charge is 0.293 e. The molecule has 1 aliphatic carbocycles. The second-order valence-corrected chi connectivity index (χ2v) is 7.00. The molecule has 0 aromatic heterocycles. The van der Waals surface area contributed by atoms with Crippen LogP contribution in [0.25, 0.3) is 0 Å². The predicted molar refractivity (Wildman–Crippen MR) is 79.7 cm³/mol. The lowest BCUT2D eigenvalue weighted by Gasteiger charge is -2.23. The standard InChI is InChI=1S/C15H19ClOS/c1-11(18-14-8-3-2-4-9-14)15(17)12-6-5-7-13(16)10-12/h5-7,10-11,14H,2-4,8-9H2,1H3. The van der Waals surface area contributed by atoms with Gasteiger partial charge in [-0.3, -0.25) is 4.79 Å². The predicted octanol–water partition coefficient (Wildman–Crippen LogP) is 4.98. The average Bonchev–Trinajstić information content (AvgIpc) is 2.39. The van der Waals surface area contributed by atoms with Crippen LogP contribution in [-0.4, -0.2) is 16.3 Å². The summed E-state index contributed by atoms with van der Waals surface area (Å²) in [7, 11) is 0. The van der Waals surface area contributed by atoms with Gasteiger partial charge in [-0.25, -0.2) is 0 Å². The summed E-state index contributed by atoms with van der Waals surface area (Å²) in [6.45, 7) is 2.02. The van der Waals surface area contributed by atoms with E-state index in [-0.39, 0.29) is 11.0 Å². The Morgan fingerprint density at radius 2 is 2.06 bits per heavy atom. The molecule has 1 aromatic rings. The van der Waals surface area contributed by atoms with Crippen molar-refractivity contribution in [3.63, 3.8) is 0 Å². The Hall–Kier alpha value is -0.470. The number of hydrogen-bond donors (Lipinski definition) is 0. The summed E-state index contributed by atoms with van der Waals surface area (Å²) in [5, 5.41) is 1.33. The third kappa shape index (κ3) is 3.76. The fraction of sp³-hybridized carbons (Fsp3) is 0.533. The molecule has 1 aliphatic rings. The first kappa shape index (κ1) is 14.0. The fourth-order valence-electron chi connectivity index (χ4n) is 2.43. The molecule has 2 rings (SSSR count). The number of halogens is 1. The molecule has 1 nitrogen and oxygen atoms in total. The van der Waals surface area contributed by atoms with E-state index in [2.05, 4.69) is 0 Å². The van der Waals surface area contributed by atoms with Crippen molar-refractivity contribution in [1.29, 1.82) is 0 Å². The minimum Gasteiger partial charge on any atom is -0.293 e. The van der Waals surface area contributed by atoms with Crippen LogP contribution >= 0.6 is 23.4 Å². The molecule has 0 bridgehead atoms. The number of carbonyl (C=O) groups excluding carboxylic acids is 1. The third-order valence-corrected chi connectivity index (χ3v) is 5.14. The summed E-state index contributed by atoms with van der Waals surface area (Å²) in [6.07, 6.45) is 6.51. The van der Waals surface area contributed by atoms with Gasteiger partial charge in [0.1, 0.15) is 0 Å². The SMILES string of the molecule is CC(SC1CCCCC1)C(=O)c1cccc(Cl)c1.